The van der Waals surface area contributed by atoms with E-state index >= 15 is 0 Å². The van der Waals surface area contributed by atoms with E-state index in [1.54, 1.807) is 23.1 Å². The number of rotatable bonds is 10. The Morgan fingerprint density at radius 1 is 0.894 bits per heavy atom. The summed E-state index contributed by atoms with van der Waals surface area (Å²) < 4.78 is 6.52. The van der Waals surface area contributed by atoms with Crippen molar-refractivity contribution in [2.45, 2.75) is 68.9 Å². The van der Waals surface area contributed by atoms with Crippen molar-refractivity contribution in [3.8, 4) is 0 Å². The van der Waals surface area contributed by atoms with E-state index in [4.69, 9.17) is 27.9 Å². The number of amides is 3. The van der Waals surface area contributed by atoms with Crippen molar-refractivity contribution in [1.29, 1.82) is 0 Å². The summed E-state index contributed by atoms with van der Waals surface area (Å²) in [7, 11) is 0. The van der Waals surface area contributed by atoms with Crippen LogP contribution in [0.2, 0.25) is 10.0 Å². The first kappa shape index (κ1) is 32.6. The van der Waals surface area contributed by atoms with E-state index in [1.165, 1.54) is 12.0 Å². The number of anilines is 1. The summed E-state index contributed by atoms with van der Waals surface area (Å²) in [6.45, 7) is 6.10. The highest BCUT2D eigenvalue weighted by Crippen LogP contribution is 2.55. The number of halogens is 2. The summed E-state index contributed by atoms with van der Waals surface area (Å²) in [6, 6.07) is 14.6. The second-order valence-corrected chi connectivity index (χ2v) is 14.6. The molecule has 2 N–H and O–H groups in total. The van der Waals surface area contributed by atoms with Crippen LogP contribution < -0.4 is 10.6 Å². The van der Waals surface area contributed by atoms with Gasteiger partial charge in [-0.25, -0.2) is 0 Å². The molecule has 1 spiro atoms. The normalized spacial score (nSPS) is 29.3. The number of ether oxygens (including phenoxy) is 1. The molecular weight excluding hydrogens is 637 g/mol. The number of benzene rings is 2. The lowest BCUT2D eigenvalue weighted by atomic mass is 9.74. The molecule has 1 saturated carbocycles. The van der Waals surface area contributed by atoms with Gasteiger partial charge in [0.15, 0.2) is 0 Å². The molecule has 0 radical (unpaired) electrons. The molecule has 1 aliphatic carbocycles. The number of hydrogen-bond donors (Lipinski definition) is 2. The van der Waals surface area contributed by atoms with Gasteiger partial charge in [0, 0.05) is 61.0 Å². The third-order valence-electron chi connectivity index (χ3n) is 10.6. The fourth-order valence-electron chi connectivity index (χ4n) is 8.36. The van der Waals surface area contributed by atoms with Crippen LogP contribution in [0.5, 0.6) is 0 Å². The van der Waals surface area contributed by atoms with E-state index in [-0.39, 0.29) is 23.8 Å². The maximum atomic E-state index is 14.3. The molecule has 2 aromatic rings. The van der Waals surface area contributed by atoms with Crippen LogP contribution in [0.4, 0.5) is 5.69 Å². The number of likely N-dealkylation sites (tertiary alicyclic amines) is 1. The molecule has 4 fully saturated rings. The van der Waals surface area contributed by atoms with Crippen LogP contribution in [0.3, 0.4) is 0 Å². The molecule has 5 aliphatic rings. The quantitative estimate of drug-likeness (QED) is 0.353. The summed E-state index contributed by atoms with van der Waals surface area (Å²) in [6.07, 6.45) is 9.06. The molecule has 2 aromatic carbocycles. The first-order chi connectivity index (χ1) is 22.8. The molecule has 7 rings (SSSR count). The first-order valence-corrected chi connectivity index (χ1v) is 17.8. The third kappa shape index (κ3) is 6.70. The highest BCUT2D eigenvalue weighted by molar-refractivity contribution is 6.35. The highest BCUT2D eigenvalue weighted by atomic mass is 35.5. The van der Waals surface area contributed by atoms with Crippen LogP contribution in [-0.4, -0.2) is 95.5 Å². The van der Waals surface area contributed by atoms with Crippen LogP contribution >= 0.6 is 23.2 Å². The van der Waals surface area contributed by atoms with Crippen LogP contribution in [0.25, 0.3) is 0 Å². The Hall–Kier alpha value is -2.95. The molecule has 9 nitrogen and oxygen atoms in total. The van der Waals surface area contributed by atoms with Gasteiger partial charge in [0.2, 0.25) is 17.7 Å². The fraction of sp³-hybridized carbons (Fsp3) is 0.528. The molecule has 4 heterocycles. The summed E-state index contributed by atoms with van der Waals surface area (Å²) in [5, 5.41) is 6.97. The van der Waals surface area contributed by atoms with Gasteiger partial charge < -0.3 is 25.2 Å². The third-order valence-corrected chi connectivity index (χ3v) is 11.0. The van der Waals surface area contributed by atoms with Crippen molar-refractivity contribution in [1.82, 2.24) is 20.0 Å². The summed E-state index contributed by atoms with van der Waals surface area (Å²) in [4.78, 5) is 48.9. The molecule has 0 aromatic heterocycles. The van der Waals surface area contributed by atoms with E-state index in [0.29, 0.717) is 22.3 Å². The molecule has 11 heteroatoms. The van der Waals surface area contributed by atoms with Crippen molar-refractivity contribution in [2.24, 2.45) is 11.8 Å². The predicted octanol–water partition coefficient (Wildman–Crippen LogP) is 4.74. The Kier molecular flexibility index (Phi) is 9.63. The maximum absolute atomic E-state index is 14.3. The Morgan fingerprint density at radius 3 is 2.32 bits per heavy atom. The molecule has 5 atom stereocenters. The maximum Gasteiger partial charge on any atom is 0.246 e. The molecule has 3 unspecified atom stereocenters. The number of nitrogens with one attached hydrogen (secondary N) is 2. The van der Waals surface area contributed by atoms with Gasteiger partial charge >= 0.3 is 0 Å². The number of hydrogen-bond acceptors (Lipinski definition) is 6. The number of nitrogens with zero attached hydrogens (tertiary/aromatic N) is 3. The Balaban J connectivity index is 1.04. The average Bonchev–Trinajstić information content (AvgIpc) is 3.70. The molecule has 2 bridgehead atoms. The van der Waals surface area contributed by atoms with Gasteiger partial charge in [-0.2, -0.15) is 0 Å². The Labute approximate surface area is 286 Å². The number of carbonyl (C=O) groups is 3. The van der Waals surface area contributed by atoms with Crippen LogP contribution in [0.1, 0.15) is 44.1 Å². The molecule has 250 valence electrons. The van der Waals surface area contributed by atoms with Crippen molar-refractivity contribution >= 4 is 46.6 Å². The zero-order valence-corrected chi connectivity index (χ0v) is 28.1. The number of piperazine rings is 1. The van der Waals surface area contributed by atoms with E-state index in [9.17, 15) is 14.4 Å². The number of fused-ring (bicyclic) bond motifs is 1. The molecular formula is C36H43Cl2N5O4. The molecule has 47 heavy (non-hydrogen) atoms. The minimum Gasteiger partial charge on any atom is -0.359 e. The Bertz CT molecular complexity index is 1490. The van der Waals surface area contributed by atoms with Gasteiger partial charge in [-0.15, -0.1) is 0 Å². The zero-order valence-electron chi connectivity index (χ0n) is 26.6. The van der Waals surface area contributed by atoms with Crippen molar-refractivity contribution in [3.05, 3.63) is 76.3 Å². The van der Waals surface area contributed by atoms with Crippen molar-refractivity contribution in [2.75, 3.05) is 44.6 Å². The van der Waals surface area contributed by atoms with E-state index < -0.39 is 29.6 Å². The predicted molar refractivity (Wildman–Crippen MR) is 182 cm³/mol. The SMILES string of the molecule is O=C(Nc1cc(Cl)cc(Cl)c1)C1[C@@H]2C=CC3(O2)C(C(=O)NC2CCCCC2)N(CCCN2CCN(Cc4ccccc4)CC2)C(=O)[C@H]13. The van der Waals surface area contributed by atoms with Crippen LogP contribution in [0, 0.1) is 11.8 Å². The topological polar surface area (TPSA) is 94.2 Å². The lowest BCUT2D eigenvalue weighted by molar-refractivity contribution is -0.141. The van der Waals surface area contributed by atoms with Crippen molar-refractivity contribution in [3.63, 3.8) is 0 Å². The lowest BCUT2D eigenvalue weighted by Crippen LogP contribution is -2.56. The standard InChI is InChI=1S/C36H43Cl2N5O4/c37-25-20-26(38)22-28(21-25)40-33(44)30-29-12-13-36(47-29)31(30)35(46)43(32(36)34(45)39-27-10-5-2-6-11-27)15-7-14-41-16-18-42(19-17-41)23-24-8-3-1-4-9-24/h1,3-4,8-9,12-13,20-22,27,29-32H,2,5-7,10-11,14-19,23H2,(H,39,45)(H,40,44)/t29-,30?,31-,32?,36?/m0/s1. The van der Waals surface area contributed by atoms with Crippen LogP contribution in [0.15, 0.2) is 60.7 Å². The van der Waals surface area contributed by atoms with Gasteiger partial charge in [0.1, 0.15) is 11.6 Å². The van der Waals surface area contributed by atoms with E-state index in [1.807, 2.05) is 18.2 Å². The lowest BCUT2D eigenvalue weighted by Gasteiger charge is -2.36. The summed E-state index contributed by atoms with van der Waals surface area (Å²) >= 11 is 12.4. The van der Waals surface area contributed by atoms with E-state index in [0.717, 1.165) is 71.4 Å². The van der Waals surface area contributed by atoms with Gasteiger partial charge in [-0.3, -0.25) is 19.3 Å². The Morgan fingerprint density at radius 2 is 1.60 bits per heavy atom. The highest BCUT2D eigenvalue weighted by Gasteiger charge is 2.72. The average molecular weight is 681 g/mol. The van der Waals surface area contributed by atoms with Gasteiger partial charge in [0.25, 0.3) is 0 Å². The fourth-order valence-corrected chi connectivity index (χ4v) is 8.89. The first-order valence-electron chi connectivity index (χ1n) is 17.0. The summed E-state index contributed by atoms with van der Waals surface area (Å²) in [5.74, 6) is -2.30. The van der Waals surface area contributed by atoms with Crippen molar-refractivity contribution < 1.29 is 19.1 Å². The van der Waals surface area contributed by atoms with Crippen LogP contribution in [-0.2, 0) is 25.7 Å². The monoisotopic (exact) mass is 679 g/mol. The van der Waals surface area contributed by atoms with E-state index in [2.05, 4.69) is 44.7 Å². The molecule has 3 amide bonds. The van der Waals surface area contributed by atoms with Gasteiger partial charge in [0.05, 0.1) is 17.9 Å². The van der Waals surface area contributed by atoms with Gasteiger partial charge in [-0.1, -0.05) is 84.9 Å². The second-order valence-electron chi connectivity index (χ2n) is 13.7. The van der Waals surface area contributed by atoms with Gasteiger partial charge in [-0.05, 0) is 49.6 Å². The summed E-state index contributed by atoms with van der Waals surface area (Å²) in [5.41, 5.74) is 0.591. The molecule has 3 saturated heterocycles. The minimum absolute atomic E-state index is 0.0880. The largest absolute Gasteiger partial charge is 0.359 e. The zero-order chi connectivity index (χ0) is 32.5. The number of carbonyl (C=O) groups excluding carboxylic acids is 3. The smallest absolute Gasteiger partial charge is 0.246 e. The molecule has 4 aliphatic heterocycles. The second kappa shape index (κ2) is 13.9. The minimum atomic E-state index is -1.18.